The van der Waals surface area contributed by atoms with Crippen molar-refractivity contribution in [3.8, 4) is 0 Å². The van der Waals surface area contributed by atoms with Gasteiger partial charge in [-0.05, 0) is 23.1 Å². The predicted molar refractivity (Wildman–Crippen MR) is 66.8 cm³/mol. The molecule has 0 fully saturated rings. The molecule has 0 aliphatic heterocycles. The van der Waals surface area contributed by atoms with Crippen LogP contribution in [-0.4, -0.2) is 41.1 Å². The van der Waals surface area contributed by atoms with Crippen molar-refractivity contribution in [3.63, 3.8) is 0 Å². The van der Waals surface area contributed by atoms with E-state index in [-0.39, 0.29) is 11.0 Å². The minimum Gasteiger partial charge on any atom is -0.374 e. The van der Waals surface area contributed by atoms with Crippen molar-refractivity contribution in [3.05, 3.63) is 11.8 Å². The molecule has 0 rings (SSSR count). The summed E-state index contributed by atoms with van der Waals surface area (Å²) in [4.78, 5) is 0. The summed E-state index contributed by atoms with van der Waals surface area (Å²) in [6, 6.07) is 0. The fraction of sp³-hybridized carbons (Fsp3) is 0.778. The second-order valence-corrected chi connectivity index (χ2v) is 5.53. The van der Waals surface area contributed by atoms with E-state index in [1.165, 1.54) is 12.8 Å². The molecule has 86 valence electrons. The smallest absolute Gasteiger partial charge is 0.374 e. The summed E-state index contributed by atoms with van der Waals surface area (Å²) in [7, 11) is 2.40. The highest BCUT2D eigenvalue weighted by Gasteiger charge is 2.33. The van der Waals surface area contributed by atoms with Gasteiger partial charge in [0.15, 0.2) is 0 Å². The van der Waals surface area contributed by atoms with E-state index >= 15 is 0 Å². The van der Waals surface area contributed by atoms with Crippen LogP contribution < -0.4 is 0 Å². The van der Waals surface area contributed by atoms with Gasteiger partial charge in [0.25, 0.3) is 0 Å². The molecule has 0 unspecified atom stereocenters. The van der Waals surface area contributed by atoms with Crippen molar-refractivity contribution < 1.29 is 13.3 Å². The summed E-state index contributed by atoms with van der Waals surface area (Å²) in [6.07, 6.45) is 5.53. The number of hydrogen-bond donors (Lipinski definition) is 0. The van der Waals surface area contributed by atoms with E-state index in [9.17, 15) is 0 Å². The quantitative estimate of drug-likeness (QED) is 0.481. The van der Waals surface area contributed by atoms with Crippen LogP contribution in [0.4, 0.5) is 0 Å². The first kappa shape index (κ1) is 16.5. The van der Waals surface area contributed by atoms with Gasteiger partial charge in [0, 0.05) is 21.3 Å². The topological polar surface area (TPSA) is 27.7 Å². The summed E-state index contributed by atoms with van der Waals surface area (Å²) in [5.41, 5.74) is 1.93. The van der Waals surface area contributed by atoms with E-state index in [1.807, 2.05) is 5.70 Å². The van der Waals surface area contributed by atoms with Crippen LogP contribution in [0, 0.1) is 0 Å². The first-order valence-electron chi connectivity index (χ1n) is 4.57. The van der Waals surface area contributed by atoms with Gasteiger partial charge in [-0.15, -0.1) is 0 Å². The van der Waals surface area contributed by atoms with Crippen LogP contribution in [-0.2, 0) is 13.3 Å². The Morgan fingerprint density at radius 3 is 1.93 bits per heavy atom. The Morgan fingerprint density at radius 1 is 1.07 bits per heavy atom. The third-order valence-electron chi connectivity index (χ3n) is 1.90. The van der Waals surface area contributed by atoms with Crippen LogP contribution in [0.2, 0.25) is 0 Å². The minimum absolute atomic E-state index is 0. The fourth-order valence-corrected chi connectivity index (χ4v) is 2.37. The number of hydrogen-bond acceptors (Lipinski definition) is 3. The lowest BCUT2D eigenvalue weighted by Gasteiger charge is -2.20. The molecule has 0 aliphatic rings. The Kier molecular flexibility index (Phi) is 11.3. The number of allylic oxidation sites excluding steroid dienone is 1. The van der Waals surface area contributed by atoms with E-state index in [0.29, 0.717) is 0 Å². The predicted octanol–water partition coefficient (Wildman–Crippen LogP) is 0.698. The molecule has 0 aromatic carbocycles. The van der Waals surface area contributed by atoms with Gasteiger partial charge in [0.1, 0.15) is 0 Å². The zero-order chi connectivity index (χ0) is 10.2. The van der Waals surface area contributed by atoms with Crippen LogP contribution in [0.1, 0.15) is 26.2 Å². The van der Waals surface area contributed by atoms with Crippen LogP contribution in [0.5, 0.6) is 0 Å². The van der Waals surface area contributed by atoms with Gasteiger partial charge in [0.2, 0.25) is 0 Å². The maximum Gasteiger partial charge on any atom is 0.528 e. The first-order valence-corrected chi connectivity index (χ1v) is 6.38. The van der Waals surface area contributed by atoms with Crippen LogP contribution in [0.3, 0.4) is 0 Å². The van der Waals surface area contributed by atoms with Crippen LogP contribution in [0.25, 0.3) is 0 Å². The molecule has 0 aromatic heterocycles. The Labute approximate surface area is 92.8 Å². The van der Waals surface area contributed by atoms with E-state index < -0.39 is 8.80 Å². The highest BCUT2D eigenvalue weighted by Crippen LogP contribution is 2.08. The van der Waals surface area contributed by atoms with Gasteiger partial charge in [-0.1, -0.05) is 25.8 Å². The van der Waals surface area contributed by atoms with E-state index in [1.54, 1.807) is 21.3 Å². The van der Waals surface area contributed by atoms with Crippen molar-refractivity contribution in [1.29, 1.82) is 0 Å². The molecule has 0 N–H and O–H groups in total. The molecule has 0 aliphatic carbocycles. The molecular formula is C9H24O3Si2. The Balaban J connectivity index is 0. The molecular weight excluding hydrogens is 212 g/mol. The zero-order valence-electron chi connectivity index (χ0n) is 9.00. The third kappa shape index (κ3) is 5.71. The molecule has 0 atom stereocenters. The maximum atomic E-state index is 5.22. The molecule has 0 aromatic rings. The number of unbranched alkanes of at least 4 members (excludes halogenated alkanes) is 2. The zero-order valence-corrected chi connectivity index (χ0v) is 10.0. The minimum atomic E-state index is -2.45. The molecule has 0 saturated carbocycles. The van der Waals surface area contributed by atoms with E-state index in [4.69, 9.17) is 13.3 Å². The van der Waals surface area contributed by atoms with Crippen molar-refractivity contribution in [1.82, 2.24) is 0 Å². The molecule has 0 spiro atoms. The molecule has 3 nitrogen and oxygen atoms in total. The van der Waals surface area contributed by atoms with Crippen molar-refractivity contribution >= 4 is 19.8 Å². The SMILES string of the molecule is CCCCC=C[Si](OC)(OC)OC.[SiH4]. The standard InChI is InChI=1S/C9H20O3Si.H4Si/c1-5-6-7-8-9-13(10-2,11-3)12-4;/h8-9H,5-7H2,1-4H3;1H4. The summed E-state index contributed by atoms with van der Waals surface area (Å²) in [5.74, 6) is 0. The normalized spacial score (nSPS) is 11.7. The lowest BCUT2D eigenvalue weighted by Crippen LogP contribution is -2.40. The van der Waals surface area contributed by atoms with Crippen molar-refractivity contribution in [2.24, 2.45) is 0 Å². The summed E-state index contributed by atoms with van der Waals surface area (Å²) < 4.78 is 15.7. The molecule has 0 saturated heterocycles. The Hall–Kier alpha value is 0.0538. The highest BCUT2D eigenvalue weighted by atomic mass is 28.4. The molecule has 0 amide bonds. The van der Waals surface area contributed by atoms with E-state index in [2.05, 4.69) is 13.0 Å². The van der Waals surface area contributed by atoms with Gasteiger partial charge in [-0.3, -0.25) is 0 Å². The molecule has 0 bridgehead atoms. The molecule has 0 radical (unpaired) electrons. The second kappa shape index (κ2) is 9.60. The third-order valence-corrected chi connectivity index (χ3v) is 4.25. The van der Waals surface area contributed by atoms with Gasteiger partial charge >= 0.3 is 8.80 Å². The van der Waals surface area contributed by atoms with Gasteiger partial charge < -0.3 is 13.3 Å². The summed E-state index contributed by atoms with van der Waals surface area (Å²) >= 11 is 0. The average molecular weight is 236 g/mol. The molecule has 14 heavy (non-hydrogen) atoms. The Bertz CT molecular complexity index is 139. The second-order valence-electron chi connectivity index (χ2n) is 2.76. The first-order chi connectivity index (χ1) is 6.24. The van der Waals surface area contributed by atoms with Crippen molar-refractivity contribution in [2.75, 3.05) is 21.3 Å². The number of rotatable bonds is 7. The fourth-order valence-electron chi connectivity index (χ4n) is 1.00. The van der Waals surface area contributed by atoms with Gasteiger partial charge in [-0.2, -0.15) is 0 Å². The van der Waals surface area contributed by atoms with Gasteiger partial charge in [-0.25, -0.2) is 0 Å². The average Bonchev–Trinajstić information content (AvgIpc) is 2.20. The van der Waals surface area contributed by atoms with E-state index in [0.717, 1.165) is 6.42 Å². The lowest BCUT2D eigenvalue weighted by atomic mass is 10.2. The molecule has 5 heteroatoms. The Morgan fingerprint density at radius 2 is 1.57 bits per heavy atom. The van der Waals surface area contributed by atoms with Gasteiger partial charge in [0.05, 0.1) is 0 Å². The monoisotopic (exact) mass is 236 g/mol. The summed E-state index contributed by atoms with van der Waals surface area (Å²) in [5, 5.41) is 0. The summed E-state index contributed by atoms with van der Waals surface area (Å²) in [6.45, 7) is 2.17. The van der Waals surface area contributed by atoms with Crippen LogP contribution in [0.15, 0.2) is 11.8 Å². The maximum absolute atomic E-state index is 5.22. The van der Waals surface area contributed by atoms with Crippen molar-refractivity contribution in [2.45, 2.75) is 26.2 Å². The largest absolute Gasteiger partial charge is 0.528 e. The van der Waals surface area contributed by atoms with Crippen LogP contribution >= 0.6 is 0 Å². The highest BCUT2D eigenvalue weighted by molar-refractivity contribution is 6.66. The molecule has 0 heterocycles. The lowest BCUT2D eigenvalue weighted by molar-refractivity contribution is 0.138.